The van der Waals surface area contributed by atoms with Crippen LogP contribution < -0.4 is 10.4 Å². The highest BCUT2D eigenvalue weighted by atomic mass is 28.3. The molecule has 2 unspecified atom stereocenters. The van der Waals surface area contributed by atoms with Crippen LogP contribution in [-0.2, 0) is 4.79 Å². The van der Waals surface area contributed by atoms with E-state index in [4.69, 9.17) is 0 Å². The molecule has 1 aliphatic carbocycles. The topological polar surface area (TPSA) is 17.1 Å². The van der Waals surface area contributed by atoms with Gasteiger partial charge in [-0.25, -0.2) is 0 Å². The molecule has 3 rings (SSSR count). The third kappa shape index (κ3) is 1.71. The van der Waals surface area contributed by atoms with Gasteiger partial charge in [-0.3, -0.25) is 0 Å². The first kappa shape index (κ1) is 13.3. The van der Waals surface area contributed by atoms with E-state index in [9.17, 15) is 4.79 Å². The second-order valence-corrected chi connectivity index (χ2v) is 10.5. The van der Waals surface area contributed by atoms with E-state index in [0.29, 0.717) is 5.92 Å². The van der Waals surface area contributed by atoms with E-state index in [2.05, 4.69) is 62.0 Å². The van der Waals surface area contributed by atoms with Gasteiger partial charge in [-0.15, -0.1) is 0 Å². The average Bonchev–Trinajstić information content (AvgIpc) is 3.20. The molecule has 0 heterocycles. The van der Waals surface area contributed by atoms with Crippen LogP contribution in [0.3, 0.4) is 0 Å². The zero-order valence-corrected chi connectivity index (χ0v) is 13.0. The van der Waals surface area contributed by atoms with Gasteiger partial charge in [-0.2, -0.15) is 0 Å². The molecule has 2 aromatic rings. The fourth-order valence-electron chi connectivity index (χ4n) is 3.67. The zero-order valence-electron chi connectivity index (χ0n) is 12.0. The lowest BCUT2D eigenvalue weighted by atomic mass is 10.3. The van der Waals surface area contributed by atoms with Crippen molar-refractivity contribution in [3.63, 3.8) is 0 Å². The lowest BCUT2D eigenvalue weighted by Gasteiger charge is -2.35. The van der Waals surface area contributed by atoms with Crippen molar-refractivity contribution in [1.29, 1.82) is 0 Å². The number of carbonyl (C=O) groups is 1. The van der Waals surface area contributed by atoms with Crippen molar-refractivity contribution >= 4 is 24.7 Å². The molecule has 20 heavy (non-hydrogen) atoms. The third-order valence-electron chi connectivity index (χ3n) is 5.21. The van der Waals surface area contributed by atoms with Crippen LogP contribution in [0.5, 0.6) is 0 Å². The molecule has 0 saturated heterocycles. The van der Waals surface area contributed by atoms with Crippen molar-refractivity contribution in [2.24, 2.45) is 5.92 Å². The Bertz CT molecular complexity index is 568. The van der Waals surface area contributed by atoms with E-state index >= 15 is 0 Å². The lowest BCUT2D eigenvalue weighted by Crippen LogP contribution is -2.61. The molecule has 1 saturated carbocycles. The second-order valence-electron chi connectivity index (χ2n) is 6.12. The Labute approximate surface area is 121 Å². The minimum atomic E-state index is -2.05. The summed E-state index contributed by atoms with van der Waals surface area (Å²) in [5, 5.41) is 2.60. The van der Waals surface area contributed by atoms with Crippen molar-refractivity contribution in [2.45, 2.75) is 24.9 Å². The lowest BCUT2D eigenvalue weighted by molar-refractivity contribution is -0.108. The highest BCUT2D eigenvalue weighted by molar-refractivity contribution is 7.05. The van der Waals surface area contributed by atoms with Gasteiger partial charge in [0.25, 0.3) is 0 Å². The molecule has 2 atom stereocenters. The number of carbonyl (C=O) groups excluding carboxylic acids is 1. The van der Waals surface area contributed by atoms with Crippen LogP contribution in [0.2, 0.25) is 11.6 Å². The Morgan fingerprint density at radius 3 is 1.70 bits per heavy atom. The van der Waals surface area contributed by atoms with Crippen molar-refractivity contribution in [3.8, 4) is 0 Å². The van der Waals surface area contributed by atoms with Crippen LogP contribution in [0, 0.1) is 5.92 Å². The van der Waals surface area contributed by atoms with Crippen molar-refractivity contribution in [3.05, 3.63) is 60.7 Å². The Morgan fingerprint density at radius 1 is 1.00 bits per heavy atom. The summed E-state index contributed by atoms with van der Waals surface area (Å²) in [6.45, 7) is 4.57. The minimum absolute atomic E-state index is 0.129. The maximum atomic E-state index is 11.9. The highest BCUT2D eigenvalue weighted by Gasteiger charge is 2.65. The standard InChI is InChI=1S/C18H20OSi/c1-15-13-18(15,14-19)20(2,16-9-5-3-6-10-16)17-11-7-4-8-12-17/h3-12,14-15H,13H2,1-2H3. The molecule has 0 spiro atoms. The predicted octanol–water partition coefficient (Wildman–Crippen LogP) is 2.86. The van der Waals surface area contributed by atoms with E-state index < -0.39 is 8.07 Å². The molecule has 102 valence electrons. The van der Waals surface area contributed by atoms with Gasteiger partial charge in [0.15, 0.2) is 0 Å². The summed E-state index contributed by atoms with van der Waals surface area (Å²) < 4.78 is 0. The number of hydrogen-bond acceptors (Lipinski definition) is 1. The van der Waals surface area contributed by atoms with E-state index in [1.54, 1.807) is 0 Å². The third-order valence-corrected chi connectivity index (χ3v) is 10.9. The molecule has 2 aromatic carbocycles. The smallest absolute Gasteiger partial charge is 0.128 e. The van der Waals surface area contributed by atoms with Crippen LogP contribution >= 0.6 is 0 Å². The summed E-state index contributed by atoms with van der Waals surface area (Å²) in [5.74, 6) is 0.497. The summed E-state index contributed by atoms with van der Waals surface area (Å²) in [6, 6.07) is 21.3. The summed E-state index contributed by atoms with van der Waals surface area (Å²) in [4.78, 5) is 11.9. The van der Waals surface area contributed by atoms with Crippen molar-refractivity contribution in [1.82, 2.24) is 0 Å². The van der Waals surface area contributed by atoms with Gasteiger partial charge in [-0.05, 0) is 12.3 Å². The van der Waals surface area contributed by atoms with Gasteiger partial charge >= 0.3 is 0 Å². The summed E-state index contributed by atoms with van der Waals surface area (Å²) in [6.07, 6.45) is 2.28. The second kappa shape index (κ2) is 4.71. The Kier molecular flexibility index (Phi) is 3.13. The van der Waals surface area contributed by atoms with Crippen molar-refractivity contribution in [2.75, 3.05) is 0 Å². The van der Waals surface area contributed by atoms with Crippen LogP contribution in [0.15, 0.2) is 60.7 Å². The Hall–Kier alpha value is -1.67. The number of aldehydes is 1. The molecule has 2 heteroatoms. The maximum absolute atomic E-state index is 11.9. The van der Waals surface area contributed by atoms with Crippen LogP contribution in [-0.4, -0.2) is 14.4 Å². The molecule has 0 aliphatic heterocycles. The number of rotatable bonds is 4. The number of benzene rings is 2. The van der Waals surface area contributed by atoms with Crippen LogP contribution in [0.25, 0.3) is 0 Å². The molecule has 1 nitrogen and oxygen atoms in total. The van der Waals surface area contributed by atoms with Gasteiger partial charge in [0.1, 0.15) is 14.4 Å². The molecule has 1 aliphatic rings. The maximum Gasteiger partial charge on any atom is 0.128 e. The fourth-order valence-corrected chi connectivity index (χ4v) is 8.74. The summed E-state index contributed by atoms with van der Waals surface area (Å²) >= 11 is 0. The first-order chi connectivity index (χ1) is 9.65. The predicted molar refractivity (Wildman–Crippen MR) is 86.3 cm³/mol. The largest absolute Gasteiger partial charge is 0.303 e. The van der Waals surface area contributed by atoms with Crippen LogP contribution in [0.1, 0.15) is 13.3 Å². The Balaban J connectivity index is 2.22. The van der Waals surface area contributed by atoms with Crippen molar-refractivity contribution < 1.29 is 4.79 Å². The fraction of sp³-hybridized carbons (Fsp3) is 0.278. The number of hydrogen-bond donors (Lipinski definition) is 0. The molecular weight excluding hydrogens is 260 g/mol. The molecular formula is C18H20OSi. The Morgan fingerprint density at radius 2 is 1.40 bits per heavy atom. The van der Waals surface area contributed by atoms with E-state index in [1.807, 2.05) is 12.1 Å². The first-order valence-corrected chi connectivity index (χ1v) is 9.72. The minimum Gasteiger partial charge on any atom is -0.303 e. The molecule has 1 fully saturated rings. The normalized spacial score (nSPS) is 25.2. The van der Waals surface area contributed by atoms with Gasteiger partial charge in [0.2, 0.25) is 0 Å². The summed E-state index contributed by atoms with van der Waals surface area (Å²) in [5.41, 5.74) is 0. The zero-order chi connectivity index (χ0) is 14.2. The van der Waals surface area contributed by atoms with E-state index in [-0.39, 0.29) is 5.04 Å². The van der Waals surface area contributed by atoms with Gasteiger partial charge in [0, 0.05) is 5.04 Å². The average molecular weight is 280 g/mol. The molecule has 0 N–H and O–H groups in total. The summed E-state index contributed by atoms with van der Waals surface area (Å²) in [7, 11) is -2.05. The van der Waals surface area contributed by atoms with Gasteiger partial charge in [0.05, 0.1) is 0 Å². The van der Waals surface area contributed by atoms with Gasteiger partial charge < -0.3 is 4.79 Å². The van der Waals surface area contributed by atoms with Gasteiger partial charge in [-0.1, -0.05) is 84.5 Å². The van der Waals surface area contributed by atoms with Crippen LogP contribution in [0.4, 0.5) is 0 Å². The first-order valence-electron chi connectivity index (χ1n) is 7.22. The molecule has 0 bridgehead atoms. The van der Waals surface area contributed by atoms with E-state index in [1.165, 1.54) is 16.7 Å². The highest BCUT2D eigenvalue weighted by Crippen LogP contribution is 2.63. The monoisotopic (exact) mass is 280 g/mol. The molecule has 0 aromatic heterocycles. The SMILES string of the molecule is CC1CC1(C=O)[Si](C)(c1ccccc1)c1ccccc1. The van der Waals surface area contributed by atoms with E-state index in [0.717, 1.165) is 6.42 Å². The molecule has 0 radical (unpaired) electrons. The molecule has 0 amide bonds. The quantitative estimate of drug-likeness (QED) is 0.622.